The summed E-state index contributed by atoms with van der Waals surface area (Å²) in [5.41, 5.74) is 2.57. The van der Waals surface area contributed by atoms with Gasteiger partial charge in [-0.25, -0.2) is 0 Å². The minimum atomic E-state index is -4.68. The summed E-state index contributed by atoms with van der Waals surface area (Å²) in [5, 5.41) is 16.4. The third kappa shape index (κ3) is 5.55. The number of anilines is 1. The van der Waals surface area contributed by atoms with Crippen LogP contribution >= 0.6 is 0 Å². The molecule has 1 aromatic carbocycles. The van der Waals surface area contributed by atoms with E-state index in [9.17, 15) is 18.0 Å². The fraction of sp³-hybridized carbons (Fsp3) is 0.448. The van der Waals surface area contributed by atoms with Crippen molar-refractivity contribution in [2.75, 3.05) is 24.5 Å². The fourth-order valence-electron chi connectivity index (χ4n) is 5.24. The smallest absolute Gasteiger partial charge is 0.369 e. The van der Waals surface area contributed by atoms with Gasteiger partial charge in [0, 0.05) is 48.9 Å². The number of alkyl halides is 3. The summed E-state index contributed by atoms with van der Waals surface area (Å²) in [6, 6.07) is 6.69. The molecular formula is C29H31F3N6O. The standard InChI is InChI=1S/C29H31F3N6O/c1-16-8-10-38(11-9-34-16)27-22-12-17(2)36-25(19-4-5-19)26(22)35-15-23(27)28(39)37-18(3)20-6-7-21(14-33)24(13-20)29(30,31)32/h6-7,12-13,15-16,18-19,34H,4-5,8-11H2,1-3H3,(H,37,39)/t16-,18+/m1/s1. The maximum atomic E-state index is 13.7. The second kappa shape index (κ2) is 10.5. The number of rotatable bonds is 5. The van der Waals surface area contributed by atoms with Crippen molar-refractivity contribution < 1.29 is 18.0 Å². The lowest BCUT2D eigenvalue weighted by Crippen LogP contribution is -2.33. The van der Waals surface area contributed by atoms with E-state index in [1.165, 1.54) is 6.07 Å². The number of aromatic nitrogens is 2. The van der Waals surface area contributed by atoms with Crippen molar-refractivity contribution in [1.82, 2.24) is 20.6 Å². The van der Waals surface area contributed by atoms with Gasteiger partial charge in [0.2, 0.25) is 0 Å². The molecule has 10 heteroatoms. The number of carbonyl (C=O) groups is 1. The van der Waals surface area contributed by atoms with Crippen LogP contribution in [0.2, 0.25) is 0 Å². The number of aryl methyl sites for hydroxylation is 1. The highest BCUT2D eigenvalue weighted by Gasteiger charge is 2.35. The quantitative estimate of drug-likeness (QED) is 0.455. The lowest BCUT2D eigenvalue weighted by molar-refractivity contribution is -0.137. The molecule has 204 valence electrons. The number of benzene rings is 1. The predicted molar refractivity (Wildman–Crippen MR) is 143 cm³/mol. The highest BCUT2D eigenvalue weighted by atomic mass is 19.4. The van der Waals surface area contributed by atoms with E-state index in [4.69, 9.17) is 15.2 Å². The molecule has 2 N–H and O–H groups in total. The maximum absolute atomic E-state index is 13.7. The van der Waals surface area contributed by atoms with Gasteiger partial charge >= 0.3 is 6.18 Å². The molecule has 0 spiro atoms. The van der Waals surface area contributed by atoms with E-state index in [0.29, 0.717) is 24.1 Å². The van der Waals surface area contributed by atoms with Gasteiger partial charge in [0.15, 0.2) is 0 Å². The molecule has 39 heavy (non-hydrogen) atoms. The summed E-state index contributed by atoms with van der Waals surface area (Å²) in [6.45, 7) is 7.91. The van der Waals surface area contributed by atoms with Crippen molar-refractivity contribution in [3.63, 3.8) is 0 Å². The number of nitriles is 1. The predicted octanol–water partition coefficient (Wildman–Crippen LogP) is 5.39. The highest BCUT2D eigenvalue weighted by molar-refractivity contribution is 6.08. The zero-order valence-corrected chi connectivity index (χ0v) is 22.2. The van der Waals surface area contributed by atoms with E-state index in [-0.39, 0.29) is 5.56 Å². The third-order valence-corrected chi connectivity index (χ3v) is 7.53. The highest BCUT2D eigenvalue weighted by Crippen LogP contribution is 2.43. The number of amides is 1. The molecule has 2 fully saturated rings. The Hall–Kier alpha value is -3.71. The van der Waals surface area contributed by atoms with Crippen LogP contribution in [-0.4, -0.2) is 41.6 Å². The molecule has 5 rings (SSSR count). The molecule has 1 aliphatic heterocycles. The van der Waals surface area contributed by atoms with E-state index < -0.39 is 29.3 Å². The Morgan fingerprint density at radius 1 is 1.23 bits per heavy atom. The number of hydrogen-bond acceptors (Lipinski definition) is 6. The van der Waals surface area contributed by atoms with E-state index in [2.05, 4.69) is 22.5 Å². The van der Waals surface area contributed by atoms with Crippen LogP contribution in [0.1, 0.15) is 83.5 Å². The summed E-state index contributed by atoms with van der Waals surface area (Å²) >= 11 is 0. The van der Waals surface area contributed by atoms with Crippen molar-refractivity contribution in [2.45, 2.75) is 64.2 Å². The summed E-state index contributed by atoms with van der Waals surface area (Å²) in [5.74, 6) is -0.0463. The monoisotopic (exact) mass is 536 g/mol. The molecule has 3 aromatic rings. The molecule has 1 amide bonds. The van der Waals surface area contributed by atoms with Crippen LogP contribution in [0.25, 0.3) is 10.9 Å². The van der Waals surface area contributed by atoms with Crippen LogP contribution in [0, 0.1) is 18.3 Å². The minimum absolute atomic E-state index is 0.258. The first-order valence-corrected chi connectivity index (χ1v) is 13.3. The minimum Gasteiger partial charge on any atom is -0.369 e. The van der Waals surface area contributed by atoms with E-state index in [1.54, 1.807) is 19.2 Å². The molecule has 0 bridgehead atoms. The zero-order valence-electron chi connectivity index (χ0n) is 22.2. The van der Waals surface area contributed by atoms with Crippen molar-refractivity contribution in [1.29, 1.82) is 5.26 Å². The van der Waals surface area contributed by atoms with Crippen LogP contribution in [0.5, 0.6) is 0 Å². The SMILES string of the molecule is Cc1cc2c(N3CCN[C@H](C)CC3)c(C(=O)N[C@@H](C)c3ccc(C#N)c(C(F)(F)F)c3)cnc2c(C2CC2)n1. The van der Waals surface area contributed by atoms with Gasteiger partial charge in [0.1, 0.15) is 0 Å². The van der Waals surface area contributed by atoms with Crippen LogP contribution in [-0.2, 0) is 6.18 Å². The third-order valence-electron chi connectivity index (χ3n) is 7.53. The second-order valence-corrected chi connectivity index (χ2v) is 10.6. The number of carbonyl (C=O) groups excluding carboxylic acids is 1. The number of fused-ring (bicyclic) bond motifs is 1. The van der Waals surface area contributed by atoms with Gasteiger partial charge in [0.05, 0.1) is 45.7 Å². The van der Waals surface area contributed by atoms with Crippen molar-refractivity contribution in [2.24, 2.45) is 0 Å². The number of nitrogens with zero attached hydrogens (tertiary/aromatic N) is 4. The molecule has 7 nitrogen and oxygen atoms in total. The van der Waals surface area contributed by atoms with Gasteiger partial charge in [0.25, 0.3) is 5.91 Å². The van der Waals surface area contributed by atoms with Crippen LogP contribution < -0.4 is 15.5 Å². The average Bonchev–Trinajstić information content (AvgIpc) is 3.75. The molecule has 2 atom stereocenters. The zero-order chi connectivity index (χ0) is 27.9. The van der Waals surface area contributed by atoms with Gasteiger partial charge in [-0.05, 0) is 63.8 Å². The van der Waals surface area contributed by atoms with Gasteiger partial charge in [-0.2, -0.15) is 18.4 Å². The average molecular weight is 537 g/mol. The molecule has 0 unspecified atom stereocenters. The lowest BCUT2D eigenvalue weighted by Gasteiger charge is -2.27. The number of halogens is 3. The normalized spacial score (nSPS) is 18.9. The lowest BCUT2D eigenvalue weighted by atomic mass is 9.99. The van der Waals surface area contributed by atoms with E-state index in [1.807, 2.05) is 13.0 Å². The Morgan fingerprint density at radius 3 is 2.69 bits per heavy atom. The number of nitrogens with one attached hydrogen (secondary N) is 2. The van der Waals surface area contributed by atoms with Gasteiger partial charge in [-0.3, -0.25) is 14.8 Å². The Labute approximate surface area is 225 Å². The van der Waals surface area contributed by atoms with Crippen molar-refractivity contribution in [3.8, 4) is 6.07 Å². The molecule has 1 aliphatic carbocycles. The molecular weight excluding hydrogens is 505 g/mol. The summed E-state index contributed by atoms with van der Waals surface area (Å²) < 4.78 is 40.6. The Balaban J connectivity index is 1.55. The molecule has 3 heterocycles. The number of pyridine rings is 2. The van der Waals surface area contributed by atoms with E-state index >= 15 is 0 Å². The van der Waals surface area contributed by atoms with Gasteiger partial charge in [-0.15, -0.1) is 0 Å². The van der Waals surface area contributed by atoms with Crippen LogP contribution in [0.4, 0.5) is 18.9 Å². The van der Waals surface area contributed by atoms with E-state index in [0.717, 1.165) is 72.5 Å². The Bertz CT molecular complexity index is 1460. The largest absolute Gasteiger partial charge is 0.417 e. The van der Waals surface area contributed by atoms with Crippen LogP contribution in [0.3, 0.4) is 0 Å². The first-order valence-electron chi connectivity index (χ1n) is 13.3. The Kier molecular flexibility index (Phi) is 7.21. The van der Waals surface area contributed by atoms with Crippen molar-refractivity contribution >= 4 is 22.5 Å². The fourth-order valence-corrected chi connectivity index (χ4v) is 5.24. The number of hydrogen-bond donors (Lipinski definition) is 2. The molecule has 1 saturated heterocycles. The molecule has 2 aromatic heterocycles. The van der Waals surface area contributed by atoms with Crippen LogP contribution in [0.15, 0.2) is 30.5 Å². The Morgan fingerprint density at radius 2 is 2.00 bits per heavy atom. The topological polar surface area (TPSA) is 93.9 Å². The second-order valence-electron chi connectivity index (χ2n) is 10.6. The summed E-state index contributed by atoms with van der Waals surface area (Å²) in [6.07, 6.45) is -0.0736. The van der Waals surface area contributed by atoms with Gasteiger partial charge < -0.3 is 15.5 Å². The molecule has 0 radical (unpaired) electrons. The first kappa shape index (κ1) is 26.9. The summed E-state index contributed by atoms with van der Waals surface area (Å²) in [7, 11) is 0. The van der Waals surface area contributed by atoms with Gasteiger partial charge in [-0.1, -0.05) is 6.07 Å². The maximum Gasteiger partial charge on any atom is 0.417 e. The molecule has 2 aliphatic rings. The van der Waals surface area contributed by atoms with Crippen molar-refractivity contribution in [3.05, 3.63) is 64.1 Å². The molecule has 1 saturated carbocycles. The summed E-state index contributed by atoms with van der Waals surface area (Å²) in [4.78, 5) is 25.4. The first-order chi connectivity index (χ1) is 18.6.